The van der Waals surface area contributed by atoms with Crippen molar-refractivity contribution in [2.24, 2.45) is 0 Å². The van der Waals surface area contributed by atoms with Crippen LogP contribution in [0.1, 0.15) is 27.9 Å². The number of thioether (sulfide) groups is 1. The molecule has 136 valence electrons. The number of rotatable bonds is 4. The SMILES string of the molecule is Cc1ccc(-n2nc3c(c2NC(=O)/C=C\c2ccccc2)CSC3)c(C)c1. The highest BCUT2D eigenvalue weighted by molar-refractivity contribution is 7.98. The number of nitrogens with one attached hydrogen (secondary N) is 1. The van der Waals surface area contributed by atoms with Crippen molar-refractivity contribution in [2.75, 3.05) is 5.32 Å². The number of benzene rings is 2. The molecule has 1 aliphatic heterocycles. The summed E-state index contributed by atoms with van der Waals surface area (Å²) in [6.07, 6.45) is 3.39. The topological polar surface area (TPSA) is 46.9 Å². The van der Waals surface area contributed by atoms with Crippen molar-refractivity contribution in [3.8, 4) is 5.69 Å². The summed E-state index contributed by atoms with van der Waals surface area (Å²) < 4.78 is 1.88. The molecular formula is C22H21N3OS. The molecule has 1 amide bonds. The zero-order chi connectivity index (χ0) is 18.8. The molecule has 1 aliphatic rings. The third-order valence-corrected chi connectivity index (χ3v) is 5.57. The maximum absolute atomic E-state index is 12.6. The first-order chi connectivity index (χ1) is 13.1. The zero-order valence-corrected chi connectivity index (χ0v) is 16.2. The van der Waals surface area contributed by atoms with E-state index in [4.69, 9.17) is 5.10 Å². The van der Waals surface area contributed by atoms with E-state index in [1.54, 1.807) is 6.08 Å². The first kappa shape index (κ1) is 17.6. The van der Waals surface area contributed by atoms with Crippen molar-refractivity contribution in [3.63, 3.8) is 0 Å². The van der Waals surface area contributed by atoms with Gasteiger partial charge < -0.3 is 5.32 Å². The number of anilines is 1. The second-order valence-corrected chi connectivity index (χ2v) is 7.69. The number of aryl methyl sites for hydroxylation is 2. The van der Waals surface area contributed by atoms with E-state index in [1.165, 1.54) is 5.56 Å². The number of carbonyl (C=O) groups is 1. The molecule has 0 unspecified atom stereocenters. The van der Waals surface area contributed by atoms with E-state index in [1.807, 2.05) is 52.9 Å². The monoisotopic (exact) mass is 375 g/mol. The molecule has 0 fully saturated rings. The Labute approximate surface area is 163 Å². The first-order valence-corrected chi connectivity index (χ1v) is 10.1. The summed E-state index contributed by atoms with van der Waals surface area (Å²) in [5.41, 5.74) is 6.53. The Balaban J connectivity index is 1.66. The molecule has 3 aromatic rings. The highest BCUT2D eigenvalue weighted by Gasteiger charge is 2.24. The molecule has 0 saturated carbocycles. The molecule has 0 atom stereocenters. The fourth-order valence-electron chi connectivity index (χ4n) is 3.25. The smallest absolute Gasteiger partial charge is 0.249 e. The second kappa shape index (κ2) is 7.45. The van der Waals surface area contributed by atoms with Gasteiger partial charge in [0.1, 0.15) is 5.82 Å². The van der Waals surface area contributed by atoms with Gasteiger partial charge in [-0.1, -0.05) is 48.0 Å². The van der Waals surface area contributed by atoms with E-state index in [2.05, 4.69) is 37.4 Å². The Morgan fingerprint density at radius 1 is 1.15 bits per heavy atom. The summed E-state index contributed by atoms with van der Waals surface area (Å²) in [5, 5.41) is 7.84. The van der Waals surface area contributed by atoms with E-state index in [0.717, 1.165) is 45.4 Å². The summed E-state index contributed by atoms with van der Waals surface area (Å²) in [5.74, 6) is 2.39. The molecule has 4 rings (SSSR count). The van der Waals surface area contributed by atoms with Gasteiger partial charge in [-0.2, -0.15) is 16.9 Å². The fraction of sp³-hybridized carbons (Fsp3) is 0.182. The van der Waals surface area contributed by atoms with Crippen molar-refractivity contribution >= 4 is 29.6 Å². The number of hydrogen-bond acceptors (Lipinski definition) is 3. The molecule has 5 heteroatoms. The van der Waals surface area contributed by atoms with Gasteiger partial charge >= 0.3 is 0 Å². The van der Waals surface area contributed by atoms with Gasteiger partial charge in [0.05, 0.1) is 11.4 Å². The predicted octanol–water partition coefficient (Wildman–Crippen LogP) is 4.89. The average molecular weight is 375 g/mol. The summed E-state index contributed by atoms with van der Waals surface area (Å²) in [7, 11) is 0. The minimum absolute atomic E-state index is 0.149. The van der Waals surface area contributed by atoms with Gasteiger partial charge in [0.25, 0.3) is 0 Å². The number of aromatic nitrogens is 2. The molecule has 0 aliphatic carbocycles. The lowest BCUT2D eigenvalue weighted by Gasteiger charge is -2.12. The normalized spacial score (nSPS) is 13.1. The third kappa shape index (κ3) is 3.69. The van der Waals surface area contributed by atoms with Crippen molar-refractivity contribution in [1.82, 2.24) is 9.78 Å². The third-order valence-electron chi connectivity index (χ3n) is 4.60. The summed E-state index contributed by atoms with van der Waals surface area (Å²) >= 11 is 1.83. The maximum Gasteiger partial charge on any atom is 0.249 e. The van der Waals surface area contributed by atoms with Crippen molar-refractivity contribution in [3.05, 3.63) is 82.6 Å². The lowest BCUT2D eigenvalue weighted by atomic mass is 10.1. The predicted molar refractivity (Wildman–Crippen MR) is 112 cm³/mol. The van der Waals surface area contributed by atoms with Gasteiger partial charge in [-0.05, 0) is 37.1 Å². The highest BCUT2D eigenvalue weighted by atomic mass is 32.2. The van der Waals surface area contributed by atoms with Crippen LogP contribution in [0.15, 0.2) is 54.6 Å². The largest absolute Gasteiger partial charge is 0.307 e. The van der Waals surface area contributed by atoms with E-state index >= 15 is 0 Å². The van der Waals surface area contributed by atoms with Crippen molar-refractivity contribution in [2.45, 2.75) is 25.4 Å². The number of hydrogen-bond donors (Lipinski definition) is 1. The number of amides is 1. The molecule has 1 aromatic heterocycles. The standard InChI is InChI=1S/C22H21N3OS/c1-15-8-10-20(16(2)12-15)25-22(18-13-27-14-19(18)24-25)23-21(26)11-9-17-6-4-3-5-7-17/h3-12H,13-14H2,1-2H3,(H,23,26)/b11-9-. The van der Waals surface area contributed by atoms with Crippen LogP contribution < -0.4 is 5.32 Å². The molecule has 1 N–H and O–H groups in total. The summed E-state index contributed by atoms with van der Waals surface area (Å²) in [6, 6.07) is 16.1. The van der Waals surface area contributed by atoms with E-state index < -0.39 is 0 Å². The van der Waals surface area contributed by atoms with E-state index in [0.29, 0.717) is 0 Å². The first-order valence-electron chi connectivity index (χ1n) is 8.92. The lowest BCUT2D eigenvalue weighted by Crippen LogP contribution is -2.14. The van der Waals surface area contributed by atoms with Crippen LogP contribution in [0.25, 0.3) is 11.8 Å². The van der Waals surface area contributed by atoms with Crippen molar-refractivity contribution < 1.29 is 4.79 Å². The maximum atomic E-state index is 12.6. The van der Waals surface area contributed by atoms with Crippen LogP contribution in [0, 0.1) is 13.8 Å². The Kier molecular flexibility index (Phi) is 4.86. The van der Waals surface area contributed by atoms with Crippen LogP contribution in [0.5, 0.6) is 0 Å². The molecule has 0 spiro atoms. The number of carbonyl (C=O) groups excluding carboxylic acids is 1. The Bertz CT molecular complexity index is 1020. The molecule has 0 saturated heterocycles. The quantitative estimate of drug-likeness (QED) is 0.661. The fourth-order valence-corrected chi connectivity index (χ4v) is 4.29. The van der Waals surface area contributed by atoms with Crippen LogP contribution >= 0.6 is 11.8 Å². The second-order valence-electron chi connectivity index (χ2n) is 6.70. The minimum Gasteiger partial charge on any atom is -0.307 e. The molecule has 0 bridgehead atoms. The molecule has 2 heterocycles. The highest BCUT2D eigenvalue weighted by Crippen LogP contribution is 2.36. The van der Waals surface area contributed by atoms with Crippen LogP contribution in [-0.4, -0.2) is 15.7 Å². The zero-order valence-electron chi connectivity index (χ0n) is 15.4. The minimum atomic E-state index is -0.149. The van der Waals surface area contributed by atoms with Crippen molar-refractivity contribution in [1.29, 1.82) is 0 Å². The molecule has 27 heavy (non-hydrogen) atoms. The number of fused-ring (bicyclic) bond motifs is 1. The van der Waals surface area contributed by atoms with E-state index in [9.17, 15) is 4.79 Å². The van der Waals surface area contributed by atoms with Gasteiger partial charge in [-0.3, -0.25) is 4.79 Å². The number of nitrogens with zero attached hydrogens (tertiary/aromatic N) is 2. The molecule has 0 radical (unpaired) electrons. The molecule has 2 aromatic carbocycles. The Morgan fingerprint density at radius 2 is 1.96 bits per heavy atom. The van der Waals surface area contributed by atoms with Crippen LogP contribution in [0.2, 0.25) is 0 Å². The van der Waals surface area contributed by atoms with Crippen LogP contribution in [-0.2, 0) is 16.3 Å². The molecule has 4 nitrogen and oxygen atoms in total. The van der Waals surface area contributed by atoms with Gasteiger partial charge in [0.15, 0.2) is 0 Å². The van der Waals surface area contributed by atoms with Gasteiger partial charge in [-0.25, -0.2) is 4.68 Å². The summed E-state index contributed by atoms with van der Waals surface area (Å²) in [6.45, 7) is 4.15. The Hall–Kier alpha value is -2.79. The molecular weight excluding hydrogens is 354 g/mol. The summed E-state index contributed by atoms with van der Waals surface area (Å²) in [4.78, 5) is 12.6. The van der Waals surface area contributed by atoms with Crippen LogP contribution in [0.4, 0.5) is 5.82 Å². The van der Waals surface area contributed by atoms with E-state index in [-0.39, 0.29) is 5.91 Å². The van der Waals surface area contributed by atoms with Gasteiger partial charge in [0.2, 0.25) is 5.91 Å². The average Bonchev–Trinajstić information content (AvgIpc) is 3.24. The Morgan fingerprint density at radius 3 is 2.74 bits per heavy atom. The lowest BCUT2D eigenvalue weighted by molar-refractivity contribution is -0.111. The van der Waals surface area contributed by atoms with Gasteiger partial charge in [-0.15, -0.1) is 0 Å². The van der Waals surface area contributed by atoms with Gasteiger partial charge in [0, 0.05) is 23.1 Å². The van der Waals surface area contributed by atoms with Crippen LogP contribution in [0.3, 0.4) is 0 Å².